The maximum Gasteiger partial charge on any atom is 0.138 e. The molecule has 1 aliphatic carbocycles. The molecule has 0 radical (unpaired) electrons. The van der Waals surface area contributed by atoms with Crippen molar-refractivity contribution in [2.45, 2.75) is 57.5 Å². The van der Waals surface area contributed by atoms with Crippen LogP contribution in [0.3, 0.4) is 0 Å². The van der Waals surface area contributed by atoms with E-state index in [2.05, 4.69) is 10.3 Å². The number of carbonyl (C=O) groups excluding carboxylic acids is 1. The number of fused-ring (bicyclic) bond motifs is 2. The lowest BCUT2D eigenvalue weighted by Gasteiger charge is -2.32. The van der Waals surface area contributed by atoms with E-state index >= 15 is 0 Å². The van der Waals surface area contributed by atoms with E-state index in [1.165, 1.54) is 20.9 Å². The number of hydrogen-bond donors (Lipinski definition) is 2. The first kappa shape index (κ1) is 19.3. The number of hydrogen-bond acceptors (Lipinski definition) is 7. The van der Waals surface area contributed by atoms with Crippen molar-refractivity contribution in [2.24, 2.45) is 11.7 Å². The van der Waals surface area contributed by atoms with Crippen LogP contribution in [0.5, 0.6) is 0 Å². The molecule has 1 saturated carbocycles. The summed E-state index contributed by atoms with van der Waals surface area (Å²) in [5.74, 6) is 1.09. The van der Waals surface area contributed by atoms with Gasteiger partial charge >= 0.3 is 0 Å². The molecule has 0 aromatic carbocycles. The van der Waals surface area contributed by atoms with Crippen LogP contribution in [0.1, 0.15) is 50.3 Å². The van der Waals surface area contributed by atoms with Gasteiger partial charge in [-0.2, -0.15) is 0 Å². The van der Waals surface area contributed by atoms with E-state index in [4.69, 9.17) is 10.7 Å². The topological polar surface area (TPSA) is 80.9 Å². The third-order valence-corrected chi connectivity index (χ3v) is 8.39. The van der Waals surface area contributed by atoms with Crippen LogP contribution in [0.4, 0.5) is 0 Å². The number of thiazole rings is 1. The van der Waals surface area contributed by atoms with Gasteiger partial charge in [-0.15, -0.1) is 22.7 Å². The lowest BCUT2D eigenvalue weighted by Crippen LogP contribution is -2.36. The highest BCUT2D eigenvalue weighted by atomic mass is 32.1. The lowest BCUT2D eigenvalue weighted by atomic mass is 9.78. The fourth-order valence-electron chi connectivity index (χ4n) is 4.53. The Morgan fingerprint density at radius 1 is 1.34 bits per heavy atom. The molecule has 1 aliphatic heterocycles. The first-order valence-electron chi connectivity index (χ1n) is 10.5. The third kappa shape index (κ3) is 4.01. The Morgan fingerprint density at radius 3 is 3.07 bits per heavy atom. The van der Waals surface area contributed by atoms with E-state index in [1.54, 1.807) is 22.7 Å². The first-order chi connectivity index (χ1) is 14.2. The van der Waals surface area contributed by atoms with E-state index < -0.39 is 0 Å². The van der Waals surface area contributed by atoms with E-state index in [-0.39, 0.29) is 2.85 Å². The largest absolute Gasteiger partial charge is 0.328 e. The lowest BCUT2D eigenvalue weighted by molar-refractivity contribution is -0.118. The van der Waals surface area contributed by atoms with Gasteiger partial charge in [0.15, 0.2) is 0 Å². The number of pyridine rings is 1. The van der Waals surface area contributed by atoms with Crippen molar-refractivity contribution in [2.75, 3.05) is 6.54 Å². The summed E-state index contributed by atoms with van der Waals surface area (Å²) in [6.45, 7) is 1.88. The van der Waals surface area contributed by atoms with Gasteiger partial charge in [0.2, 0.25) is 0 Å². The highest BCUT2D eigenvalue weighted by molar-refractivity contribution is 7.22. The summed E-state index contributed by atoms with van der Waals surface area (Å²) in [4.78, 5) is 24.4. The monoisotopic (exact) mass is 430 g/mol. The summed E-state index contributed by atoms with van der Waals surface area (Å²) >= 11 is 3.52. The van der Waals surface area contributed by atoms with Gasteiger partial charge in [-0.05, 0) is 56.2 Å². The highest BCUT2D eigenvalue weighted by Crippen LogP contribution is 2.42. The van der Waals surface area contributed by atoms with E-state index in [0.29, 0.717) is 24.7 Å². The van der Waals surface area contributed by atoms with E-state index in [0.717, 1.165) is 66.3 Å². The highest BCUT2D eigenvalue weighted by Gasteiger charge is 2.27. The Kier molecular flexibility index (Phi) is 5.47. The number of aromatic nitrogens is 2. The molecule has 5 nitrogen and oxygen atoms in total. The molecule has 4 heterocycles. The van der Waals surface area contributed by atoms with Gasteiger partial charge in [-0.1, -0.05) is 0 Å². The molecule has 0 saturated heterocycles. The molecule has 3 aromatic heterocycles. The molecule has 0 amide bonds. The second-order valence-electron chi connectivity index (χ2n) is 8.30. The molecule has 3 N–H and O–H groups in total. The average molecular weight is 431 g/mol. The summed E-state index contributed by atoms with van der Waals surface area (Å²) in [7, 11) is 0. The van der Waals surface area contributed by atoms with E-state index in [9.17, 15) is 4.79 Å². The summed E-state index contributed by atoms with van der Waals surface area (Å²) in [5, 5.41) is 4.50. The zero-order valence-corrected chi connectivity index (χ0v) is 18.1. The van der Waals surface area contributed by atoms with Crippen LogP contribution in [-0.4, -0.2) is 28.3 Å². The van der Waals surface area contributed by atoms with Gasteiger partial charge < -0.3 is 11.1 Å². The Morgan fingerprint density at radius 2 is 2.24 bits per heavy atom. The predicted molar refractivity (Wildman–Crippen MR) is 124 cm³/mol. The smallest absolute Gasteiger partial charge is 0.138 e. The summed E-state index contributed by atoms with van der Waals surface area (Å²) < 4.78 is 1.15. The summed E-state index contributed by atoms with van der Waals surface area (Å²) in [6.07, 6.45) is 10.3. The number of ketones is 1. The molecule has 0 unspecified atom stereocenters. The summed E-state index contributed by atoms with van der Waals surface area (Å²) in [5.41, 5.74) is 9.44. The maximum absolute atomic E-state index is 12.8. The standard InChI is InChI=1S/C22H26N4OS2.2H2/c23-14-8-13(9-14)2-1-3-15(27)10-19-21(16-4-6-25-12-20(16)28-19)22-26-17-11-24-7-5-18(17)29-22;;/h5,7,11,13-14,25H,1-4,6,8-10,12,23H2;2*1H. The number of rotatable bonds is 7. The Bertz CT molecular complexity index is 1010. The molecule has 29 heavy (non-hydrogen) atoms. The molecule has 156 valence electrons. The molecule has 2 aliphatic rings. The number of nitrogens with one attached hydrogen (secondary N) is 1. The fraction of sp³-hybridized carbons (Fsp3) is 0.500. The fourth-order valence-corrected chi connectivity index (χ4v) is 6.98. The Balaban J connectivity index is 0.00000136. The van der Waals surface area contributed by atoms with Gasteiger partial charge in [0.1, 0.15) is 16.3 Å². The minimum absolute atomic E-state index is 0. The van der Waals surface area contributed by atoms with Crippen molar-refractivity contribution in [3.8, 4) is 10.6 Å². The normalized spacial score (nSPS) is 21.1. The molecule has 0 spiro atoms. The predicted octanol–water partition coefficient (Wildman–Crippen LogP) is 4.58. The molecular formula is C22H30N4OS2. The minimum Gasteiger partial charge on any atom is -0.328 e. The number of Topliss-reactive ketones (excluding diaryl/α,β-unsaturated/α-hetero) is 1. The first-order valence-corrected chi connectivity index (χ1v) is 12.1. The number of nitrogens with two attached hydrogens (primary N) is 1. The van der Waals surface area contributed by atoms with Crippen LogP contribution >= 0.6 is 22.7 Å². The van der Waals surface area contributed by atoms with Crippen LogP contribution in [0, 0.1) is 5.92 Å². The van der Waals surface area contributed by atoms with Crippen LogP contribution in [-0.2, 0) is 24.2 Å². The second kappa shape index (κ2) is 8.22. The zero-order chi connectivity index (χ0) is 19.8. The Labute approximate surface area is 181 Å². The SMILES string of the molecule is NC1CC(CCCC(=O)Cc2sc3c(c2-c2nc4cnccc4s2)CCNC3)C1.[HH].[HH]. The average Bonchev–Trinajstić information content (AvgIpc) is 3.26. The number of nitrogens with zero attached hydrogens (tertiary/aromatic N) is 2. The van der Waals surface area contributed by atoms with Gasteiger partial charge in [-0.25, -0.2) is 4.98 Å². The van der Waals surface area contributed by atoms with Gasteiger partial charge in [-0.3, -0.25) is 9.78 Å². The molecular weight excluding hydrogens is 400 g/mol. The van der Waals surface area contributed by atoms with E-state index in [1.807, 2.05) is 18.5 Å². The van der Waals surface area contributed by atoms with Crippen molar-refractivity contribution in [1.29, 1.82) is 0 Å². The number of thiophene rings is 1. The van der Waals surface area contributed by atoms with Crippen LogP contribution < -0.4 is 11.1 Å². The van der Waals surface area contributed by atoms with Gasteiger partial charge in [0, 0.05) is 49.8 Å². The minimum atomic E-state index is 0. The summed E-state index contributed by atoms with van der Waals surface area (Å²) in [6, 6.07) is 2.42. The number of carbonyl (C=O) groups is 1. The molecule has 0 bridgehead atoms. The maximum atomic E-state index is 12.8. The van der Waals surface area contributed by atoms with Crippen molar-refractivity contribution in [3.63, 3.8) is 0 Å². The second-order valence-corrected chi connectivity index (χ2v) is 10.5. The third-order valence-electron chi connectivity index (χ3n) is 6.10. The molecule has 7 heteroatoms. The quantitative estimate of drug-likeness (QED) is 0.573. The van der Waals surface area contributed by atoms with Crippen LogP contribution in [0.15, 0.2) is 18.5 Å². The Hall–Kier alpha value is -1.67. The zero-order valence-electron chi connectivity index (χ0n) is 16.4. The van der Waals surface area contributed by atoms with Crippen molar-refractivity contribution in [1.82, 2.24) is 15.3 Å². The molecule has 1 fully saturated rings. The van der Waals surface area contributed by atoms with Crippen molar-refractivity contribution >= 4 is 38.7 Å². The van der Waals surface area contributed by atoms with Crippen molar-refractivity contribution in [3.05, 3.63) is 33.8 Å². The molecule has 3 aromatic rings. The van der Waals surface area contributed by atoms with Crippen LogP contribution in [0.2, 0.25) is 0 Å². The molecule has 5 rings (SSSR count). The van der Waals surface area contributed by atoms with Crippen LogP contribution in [0.25, 0.3) is 20.8 Å². The van der Waals surface area contributed by atoms with Crippen molar-refractivity contribution < 1.29 is 7.65 Å². The van der Waals surface area contributed by atoms with Gasteiger partial charge in [0.25, 0.3) is 0 Å². The molecule has 0 atom stereocenters. The van der Waals surface area contributed by atoms with Gasteiger partial charge in [0.05, 0.1) is 10.9 Å².